The smallest absolute Gasteiger partial charge is 0.270 e. The highest BCUT2D eigenvalue weighted by molar-refractivity contribution is 7.09. The lowest BCUT2D eigenvalue weighted by Gasteiger charge is -2.21. The summed E-state index contributed by atoms with van der Waals surface area (Å²) >= 11 is 1.50. The third kappa shape index (κ3) is 7.40. The number of nitrogens with zero attached hydrogens (tertiary/aromatic N) is 2. The summed E-state index contributed by atoms with van der Waals surface area (Å²) in [4.78, 5) is 23.2. The minimum Gasteiger partial charge on any atom is -0.361 e. The number of aromatic nitrogens is 2. The van der Waals surface area contributed by atoms with E-state index in [1.54, 1.807) is 0 Å². The van der Waals surface area contributed by atoms with Gasteiger partial charge in [0.05, 0.1) is 6.54 Å². The van der Waals surface area contributed by atoms with Crippen molar-refractivity contribution >= 4 is 28.1 Å². The minimum absolute atomic E-state index is 0.0500. The Labute approximate surface area is 232 Å². The number of hydrogen-bond acceptors (Lipinski definition) is 4. The number of aromatic amines is 1. The number of nitrogens with one attached hydrogen (secondary N) is 2. The summed E-state index contributed by atoms with van der Waals surface area (Å²) in [5, 5.41) is 7.05. The number of benzene rings is 3. The van der Waals surface area contributed by atoms with Gasteiger partial charge in [0.1, 0.15) is 16.5 Å². The Bertz CT molecular complexity index is 1500. The first-order valence-corrected chi connectivity index (χ1v) is 14.2. The van der Waals surface area contributed by atoms with Crippen molar-refractivity contribution < 1.29 is 9.18 Å². The van der Waals surface area contributed by atoms with Crippen molar-refractivity contribution in [3.8, 4) is 0 Å². The fraction of sp³-hybridized carbons (Fsp3) is 0.250. The van der Waals surface area contributed by atoms with Crippen LogP contribution in [0, 0.1) is 5.82 Å². The van der Waals surface area contributed by atoms with Crippen LogP contribution in [0.2, 0.25) is 0 Å². The Hall–Kier alpha value is -3.81. The largest absolute Gasteiger partial charge is 0.361 e. The summed E-state index contributed by atoms with van der Waals surface area (Å²) in [6, 6.07) is 25.3. The molecule has 0 radical (unpaired) electrons. The Morgan fingerprint density at radius 3 is 2.56 bits per heavy atom. The number of rotatable bonds is 12. The number of carbonyl (C=O) groups is 1. The zero-order valence-corrected chi connectivity index (χ0v) is 22.9. The summed E-state index contributed by atoms with van der Waals surface area (Å²) in [5.74, 6) is -0.375. The Morgan fingerprint density at radius 2 is 1.74 bits per heavy atom. The Kier molecular flexibility index (Phi) is 8.81. The summed E-state index contributed by atoms with van der Waals surface area (Å²) in [6.45, 7) is 4.11. The molecule has 7 heteroatoms. The van der Waals surface area contributed by atoms with Crippen LogP contribution in [-0.2, 0) is 25.9 Å². The maximum Gasteiger partial charge on any atom is 0.270 e. The first-order valence-electron chi connectivity index (χ1n) is 13.3. The van der Waals surface area contributed by atoms with E-state index in [1.807, 2.05) is 48.7 Å². The van der Waals surface area contributed by atoms with Gasteiger partial charge >= 0.3 is 0 Å². The van der Waals surface area contributed by atoms with Gasteiger partial charge in [-0.15, -0.1) is 11.3 Å². The van der Waals surface area contributed by atoms with Crippen molar-refractivity contribution in [2.24, 2.45) is 0 Å². The average molecular weight is 541 g/mol. The number of thiazole rings is 1. The van der Waals surface area contributed by atoms with Crippen molar-refractivity contribution in [1.29, 1.82) is 0 Å². The number of hydrogen-bond donors (Lipinski definition) is 2. The Morgan fingerprint density at radius 1 is 0.974 bits per heavy atom. The van der Waals surface area contributed by atoms with Crippen molar-refractivity contribution in [2.75, 3.05) is 6.54 Å². The maximum atomic E-state index is 13.5. The van der Waals surface area contributed by atoms with Crippen molar-refractivity contribution in [3.05, 3.63) is 124 Å². The van der Waals surface area contributed by atoms with E-state index < -0.39 is 0 Å². The number of halogens is 1. The summed E-state index contributed by atoms with van der Waals surface area (Å²) < 4.78 is 13.5. The average Bonchev–Trinajstić information content (AvgIpc) is 3.60. The topological polar surface area (TPSA) is 61.0 Å². The van der Waals surface area contributed by atoms with Crippen LogP contribution in [0.1, 0.15) is 45.5 Å². The molecular formula is C32H33FN4OS. The molecule has 200 valence electrons. The van der Waals surface area contributed by atoms with E-state index in [0.29, 0.717) is 18.8 Å². The number of amides is 1. The van der Waals surface area contributed by atoms with Gasteiger partial charge in [-0.2, -0.15) is 0 Å². The van der Waals surface area contributed by atoms with Crippen LogP contribution in [0.5, 0.6) is 0 Å². The Balaban J connectivity index is 1.22. The number of aryl methyl sites for hydroxylation is 1. The molecule has 2 heterocycles. The molecule has 0 aliphatic rings. The number of H-pyrrole nitrogens is 1. The molecule has 0 fully saturated rings. The second-order valence-corrected chi connectivity index (χ2v) is 10.9. The van der Waals surface area contributed by atoms with Crippen molar-refractivity contribution in [1.82, 2.24) is 20.2 Å². The second-order valence-electron chi connectivity index (χ2n) is 9.97. The van der Waals surface area contributed by atoms with Gasteiger partial charge in [-0.05, 0) is 61.1 Å². The third-order valence-corrected chi connectivity index (χ3v) is 7.75. The van der Waals surface area contributed by atoms with Gasteiger partial charge < -0.3 is 10.3 Å². The molecule has 0 aliphatic heterocycles. The molecule has 2 aromatic heterocycles. The molecule has 0 bridgehead atoms. The van der Waals surface area contributed by atoms with Gasteiger partial charge in [0.15, 0.2) is 0 Å². The SMILES string of the molecule is CC(CCc1ccccc1)NC(=O)c1csc(CN(CCc2c[nH]c3ccccc23)Cc2ccc(F)cc2)n1. The predicted octanol–water partition coefficient (Wildman–Crippen LogP) is 6.76. The van der Waals surface area contributed by atoms with Gasteiger partial charge in [-0.3, -0.25) is 9.69 Å². The molecule has 5 aromatic rings. The van der Waals surface area contributed by atoms with Gasteiger partial charge in [0, 0.05) is 41.6 Å². The van der Waals surface area contributed by atoms with Gasteiger partial charge in [0.2, 0.25) is 0 Å². The molecule has 0 saturated heterocycles. The van der Waals surface area contributed by atoms with Crippen molar-refractivity contribution in [2.45, 2.75) is 45.3 Å². The maximum absolute atomic E-state index is 13.5. The van der Waals surface area contributed by atoms with E-state index in [-0.39, 0.29) is 17.8 Å². The zero-order valence-electron chi connectivity index (χ0n) is 22.1. The van der Waals surface area contributed by atoms with E-state index in [2.05, 4.69) is 56.7 Å². The van der Waals surface area contributed by atoms with Crippen LogP contribution >= 0.6 is 11.3 Å². The normalized spacial score (nSPS) is 12.2. The molecule has 39 heavy (non-hydrogen) atoms. The fourth-order valence-electron chi connectivity index (χ4n) is 4.76. The van der Waals surface area contributed by atoms with E-state index in [1.165, 1.54) is 40.0 Å². The van der Waals surface area contributed by atoms with Gasteiger partial charge in [-0.1, -0.05) is 60.7 Å². The van der Waals surface area contributed by atoms with Crippen LogP contribution in [0.15, 0.2) is 90.4 Å². The predicted molar refractivity (Wildman–Crippen MR) is 156 cm³/mol. The van der Waals surface area contributed by atoms with E-state index >= 15 is 0 Å². The standard InChI is InChI=1S/C32H33FN4OS/c1-23(11-12-24-7-3-2-4-8-24)35-32(38)30-22-39-31(36-30)21-37(20-25-13-15-27(33)16-14-25)18-17-26-19-34-29-10-6-5-9-28(26)29/h2-10,13-16,19,22-23,34H,11-12,17-18,20-21H2,1H3,(H,35,38). The van der Waals surface area contributed by atoms with Gasteiger partial charge in [0.25, 0.3) is 5.91 Å². The lowest BCUT2D eigenvalue weighted by molar-refractivity contribution is 0.0933. The van der Waals surface area contributed by atoms with Crippen molar-refractivity contribution in [3.63, 3.8) is 0 Å². The zero-order chi connectivity index (χ0) is 27.0. The molecule has 2 N–H and O–H groups in total. The molecule has 0 aliphatic carbocycles. The molecule has 0 spiro atoms. The third-order valence-electron chi connectivity index (χ3n) is 6.92. The van der Waals surface area contributed by atoms with Crippen LogP contribution in [0.3, 0.4) is 0 Å². The van der Waals surface area contributed by atoms with E-state index in [9.17, 15) is 9.18 Å². The summed E-state index contributed by atoms with van der Waals surface area (Å²) in [6.07, 6.45) is 4.72. The molecule has 1 unspecified atom stereocenters. The van der Waals surface area contributed by atoms with Crippen LogP contribution in [-0.4, -0.2) is 33.4 Å². The molecule has 5 rings (SSSR count). The number of carbonyl (C=O) groups excluding carboxylic acids is 1. The molecule has 3 aromatic carbocycles. The number of fused-ring (bicyclic) bond motifs is 1. The first kappa shape index (κ1) is 26.8. The fourth-order valence-corrected chi connectivity index (χ4v) is 5.57. The summed E-state index contributed by atoms with van der Waals surface area (Å²) in [7, 11) is 0. The minimum atomic E-state index is -0.238. The van der Waals surface area contributed by atoms with Crippen LogP contribution in [0.4, 0.5) is 4.39 Å². The second kappa shape index (κ2) is 12.8. The lowest BCUT2D eigenvalue weighted by Crippen LogP contribution is -2.33. The number of para-hydroxylation sites is 1. The highest BCUT2D eigenvalue weighted by Gasteiger charge is 2.16. The van der Waals surface area contributed by atoms with Gasteiger partial charge in [-0.25, -0.2) is 9.37 Å². The monoisotopic (exact) mass is 540 g/mol. The van der Waals surface area contributed by atoms with E-state index in [4.69, 9.17) is 0 Å². The molecule has 1 atom stereocenters. The highest BCUT2D eigenvalue weighted by Crippen LogP contribution is 2.20. The van der Waals surface area contributed by atoms with Crippen LogP contribution in [0.25, 0.3) is 10.9 Å². The molecule has 1 amide bonds. The quantitative estimate of drug-likeness (QED) is 0.184. The van der Waals surface area contributed by atoms with Crippen LogP contribution < -0.4 is 5.32 Å². The lowest BCUT2D eigenvalue weighted by atomic mass is 10.1. The first-order chi connectivity index (χ1) is 19.0. The molecule has 0 saturated carbocycles. The molecule has 5 nitrogen and oxygen atoms in total. The highest BCUT2D eigenvalue weighted by atomic mass is 32.1. The summed E-state index contributed by atoms with van der Waals surface area (Å²) in [5.41, 5.74) is 5.16. The van der Waals surface area contributed by atoms with E-state index in [0.717, 1.165) is 41.9 Å². The molecular weight excluding hydrogens is 507 g/mol.